The Morgan fingerprint density at radius 1 is 1.30 bits per heavy atom. The molecular formula is C15H18ClN3S. The van der Waals surface area contributed by atoms with Crippen molar-refractivity contribution in [2.24, 2.45) is 0 Å². The molecule has 5 heteroatoms. The molecule has 0 fully saturated rings. The fourth-order valence-electron chi connectivity index (χ4n) is 2.61. The molecule has 3 rings (SSSR count). The smallest absolute Gasteiger partial charge is 0.225 e. The van der Waals surface area contributed by atoms with Gasteiger partial charge in [-0.1, -0.05) is 11.6 Å². The third-order valence-electron chi connectivity index (χ3n) is 3.57. The molecule has 2 aromatic heterocycles. The largest absolute Gasteiger partial charge is 0.366 e. The summed E-state index contributed by atoms with van der Waals surface area (Å²) in [6, 6.07) is 0. The van der Waals surface area contributed by atoms with E-state index >= 15 is 0 Å². The van der Waals surface area contributed by atoms with Crippen molar-refractivity contribution in [3.63, 3.8) is 0 Å². The number of nitrogens with one attached hydrogen (secondary N) is 1. The molecule has 0 aliphatic heterocycles. The first-order chi connectivity index (χ1) is 9.65. The predicted molar refractivity (Wildman–Crippen MR) is 87.0 cm³/mol. The monoisotopic (exact) mass is 307 g/mol. The maximum atomic E-state index is 6.06. The van der Waals surface area contributed by atoms with Crippen LogP contribution in [-0.2, 0) is 12.8 Å². The number of fused-ring (bicyclic) bond motifs is 3. The Kier molecular flexibility index (Phi) is 3.94. The van der Waals surface area contributed by atoms with Gasteiger partial charge in [0.1, 0.15) is 10.6 Å². The number of aromatic nitrogens is 2. The molecule has 0 amide bonds. The molecule has 0 aromatic carbocycles. The van der Waals surface area contributed by atoms with Crippen LogP contribution >= 0.6 is 22.9 Å². The Labute approximate surface area is 128 Å². The number of anilines is 1. The second-order valence-corrected chi connectivity index (χ2v) is 6.82. The zero-order chi connectivity index (χ0) is 14.1. The molecule has 0 saturated carbocycles. The predicted octanol–water partition coefficient (Wildman–Crippen LogP) is 4.60. The molecule has 3 nitrogen and oxygen atoms in total. The van der Waals surface area contributed by atoms with E-state index in [0.717, 1.165) is 23.6 Å². The summed E-state index contributed by atoms with van der Waals surface area (Å²) < 4.78 is 0. The topological polar surface area (TPSA) is 37.8 Å². The van der Waals surface area contributed by atoms with Crippen molar-refractivity contribution in [2.75, 3.05) is 11.9 Å². The highest BCUT2D eigenvalue weighted by atomic mass is 35.5. The van der Waals surface area contributed by atoms with Crippen molar-refractivity contribution in [3.05, 3.63) is 27.4 Å². The lowest BCUT2D eigenvalue weighted by Gasteiger charge is -2.12. The normalized spacial score (nSPS) is 14.2. The summed E-state index contributed by atoms with van der Waals surface area (Å²) in [6.07, 6.45) is 7.00. The fourth-order valence-corrected chi connectivity index (χ4v) is 4.09. The minimum absolute atomic E-state index is 0.329. The number of hydrogen-bond donors (Lipinski definition) is 1. The maximum absolute atomic E-state index is 6.06. The van der Waals surface area contributed by atoms with Crippen molar-refractivity contribution >= 4 is 39.0 Å². The number of hydrogen-bond acceptors (Lipinski definition) is 4. The summed E-state index contributed by atoms with van der Waals surface area (Å²) in [5.41, 5.74) is 2.73. The summed E-state index contributed by atoms with van der Waals surface area (Å²) in [4.78, 5) is 11.3. The first-order valence-corrected chi connectivity index (χ1v) is 8.19. The van der Waals surface area contributed by atoms with Crippen molar-refractivity contribution in [2.45, 2.75) is 39.5 Å². The summed E-state index contributed by atoms with van der Waals surface area (Å²) in [6.45, 7) is 4.96. The summed E-state index contributed by atoms with van der Waals surface area (Å²) in [5, 5.41) is 4.91. The van der Waals surface area contributed by atoms with Gasteiger partial charge in [-0.25, -0.2) is 9.97 Å². The van der Waals surface area contributed by atoms with Crippen molar-refractivity contribution in [3.8, 4) is 0 Å². The Morgan fingerprint density at radius 2 is 2.10 bits per heavy atom. The average molecular weight is 308 g/mol. The third-order valence-corrected chi connectivity index (χ3v) is 4.92. The van der Waals surface area contributed by atoms with Crippen LogP contribution in [0.1, 0.15) is 37.1 Å². The van der Waals surface area contributed by atoms with Gasteiger partial charge in [0.15, 0.2) is 0 Å². The fraction of sp³-hybridized carbons (Fsp3) is 0.467. The van der Waals surface area contributed by atoms with E-state index in [-0.39, 0.29) is 0 Å². The van der Waals surface area contributed by atoms with E-state index in [1.54, 1.807) is 11.3 Å². The summed E-state index contributed by atoms with van der Waals surface area (Å²) in [7, 11) is 0. The minimum atomic E-state index is 0.329. The number of rotatable bonds is 3. The zero-order valence-electron chi connectivity index (χ0n) is 11.8. The highest BCUT2D eigenvalue weighted by Crippen LogP contribution is 2.38. The van der Waals surface area contributed by atoms with Gasteiger partial charge in [-0.15, -0.1) is 11.3 Å². The van der Waals surface area contributed by atoms with Crippen LogP contribution in [0.4, 0.5) is 5.82 Å². The van der Waals surface area contributed by atoms with Gasteiger partial charge in [-0.05, 0) is 56.7 Å². The van der Waals surface area contributed by atoms with Gasteiger partial charge < -0.3 is 5.32 Å². The van der Waals surface area contributed by atoms with E-state index in [4.69, 9.17) is 11.6 Å². The van der Waals surface area contributed by atoms with Crippen LogP contribution in [0, 0.1) is 0 Å². The van der Waals surface area contributed by atoms with Crippen LogP contribution in [0.3, 0.4) is 0 Å². The molecule has 1 aliphatic carbocycles. The molecule has 20 heavy (non-hydrogen) atoms. The Hall–Kier alpha value is -1.13. The number of thiophene rings is 1. The molecule has 2 aromatic rings. The SMILES string of the molecule is CC(C)=CCNc1nc(Cl)nc2sc3c(c12)CCCC3. The lowest BCUT2D eigenvalue weighted by Crippen LogP contribution is -2.05. The minimum Gasteiger partial charge on any atom is -0.366 e. The molecule has 1 aliphatic rings. The van der Waals surface area contributed by atoms with Crippen molar-refractivity contribution < 1.29 is 0 Å². The quantitative estimate of drug-likeness (QED) is 0.665. The Morgan fingerprint density at radius 3 is 2.90 bits per heavy atom. The molecular weight excluding hydrogens is 290 g/mol. The van der Waals surface area contributed by atoms with Gasteiger partial charge in [0.05, 0.1) is 5.39 Å². The maximum Gasteiger partial charge on any atom is 0.225 e. The number of halogens is 1. The van der Waals surface area contributed by atoms with Crippen LogP contribution in [0.2, 0.25) is 5.28 Å². The van der Waals surface area contributed by atoms with Crippen LogP contribution in [0.25, 0.3) is 10.2 Å². The van der Waals surface area contributed by atoms with Crippen LogP contribution in [0.5, 0.6) is 0 Å². The average Bonchev–Trinajstić information content (AvgIpc) is 2.75. The number of allylic oxidation sites excluding steroid dienone is 1. The van der Waals surface area contributed by atoms with E-state index in [1.807, 2.05) is 0 Å². The third kappa shape index (κ3) is 2.67. The molecule has 0 spiro atoms. The van der Waals surface area contributed by atoms with Gasteiger partial charge in [0.2, 0.25) is 5.28 Å². The first-order valence-electron chi connectivity index (χ1n) is 7.00. The molecule has 0 radical (unpaired) electrons. The molecule has 106 valence electrons. The second-order valence-electron chi connectivity index (χ2n) is 5.39. The highest BCUT2D eigenvalue weighted by Gasteiger charge is 2.20. The molecule has 0 bridgehead atoms. The van der Waals surface area contributed by atoms with Gasteiger partial charge in [-0.3, -0.25) is 0 Å². The number of aryl methyl sites for hydroxylation is 2. The van der Waals surface area contributed by atoms with Gasteiger partial charge in [0.25, 0.3) is 0 Å². The van der Waals surface area contributed by atoms with Gasteiger partial charge >= 0.3 is 0 Å². The van der Waals surface area contributed by atoms with E-state index in [9.17, 15) is 0 Å². The van der Waals surface area contributed by atoms with E-state index < -0.39 is 0 Å². The van der Waals surface area contributed by atoms with Crippen LogP contribution in [0.15, 0.2) is 11.6 Å². The van der Waals surface area contributed by atoms with E-state index in [2.05, 4.69) is 35.2 Å². The second kappa shape index (κ2) is 5.70. The highest BCUT2D eigenvalue weighted by molar-refractivity contribution is 7.19. The van der Waals surface area contributed by atoms with Crippen LogP contribution in [-0.4, -0.2) is 16.5 Å². The molecule has 0 unspecified atom stereocenters. The molecule has 0 saturated heterocycles. The first kappa shape index (κ1) is 13.8. The van der Waals surface area contributed by atoms with Crippen molar-refractivity contribution in [1.29, 1.82) is 0 Å². The molecule has 0 atom stereocenters. The Balaban J connectivity index is 2.05. The van der Waals surface area contributed by atoms with E-state index in [0.29, 0.717) is 5.28 Å². The Bertz CT molecular complexity index is 671. The van der Waals surface area contributed by atoms with Crippen LogP contribution < -0.4 is 5.32 Å². The van der Waals surface area contributed by atoms with Gasteiger partial charge in [-0.2, -0.15) is 0 Å². The molecule has 2 heterocycles. The lowest BCUT2D eigenvalue weighted by molar-refractivity contribution is 0.700. The standard InChI is InChI=1S/C15H18ClN3S/c1-9(2)7-8-17-13-12-10-5-3-4-6-11(10)20-14(12)19-15(16)18-13/h7H,3-6,8H2,1-2H3,(H,17,18,19). The summed E-state index contributed by atoms with van der Waals surface area (Å²) in [5.74, 6) is 0.886. The van der Waals surface area contributed by atoms with Crippen molar-refractivity contribution in [1.82, 2.24) is 9.97 Å². The molecule has 1 N–H and O–H groups in total. The van der Waals surface area contributed by atoms with Gasteiger partial charge in [0, 0.05) is 11.4 Å². The summed E-state index contributed by atoms with van der Waals surface area (Å²) >= 11 is 7.83. The number of nitrogens with zero attached hydrogens (tertiary/aromatic N) is 2. The zero-order valence-corrected chi connectivity index (χ0v) is 13.4. The lowest BCUT2D eigenvalue weighted by atomic mass is 9.97. The van der Waals surface area contributed by atoms with E-state index in [1.165, 1.54) is 40.7 Å².